The Labute approximate surface area is 121 Å². The van der Waals surface area contributed by atoms with E-state index >= 15 is 0 Å². The standard InChI is InChI=1S/C17H24N2O/c1-17(9-5-2-6-10-17)19-16(20)15-12-18-11-13-7-3-4-8-14(13)15/h3-4,7-8,15,18H,2,5-6,9-12H2,1H3,(H,19,20). The molecule has 1 unspecified atom stereocenters. The lowest BCUT2D eigenvalue weighted by molar-refractivity contribution is -0.124. The van der Waals surface area contributed by atoms with Crippen molar-refractivity contribution < 1.29 is 4.79 Å². The van der Waals surface area contributed by atoms with E-state index in [1.807, 2.05) is 12.1 Å². The number of nitrogens with one attached hydrogen (secondary N) is 2. The summed E-state index contributed by atoms with van der Waals surface area (Å²) < 4.78 is 0. The van der Waals surface area contributed by atoms with E-state index in [1.165, 1.54) is 30.4 Å². The van der Waals surface area contributed by atoms with Gasteiger partial charge in [0, 0.05) is 18.6 Å². The summed E-state index contributed by atoms with van der Waals surface area (Å²) in [5.41, 5.74) is 2.46. The van der Waals surface area contributed by atoms with Gasteiger partial charge < -0.3 is 10.6 Å². The van der Waals surface area contributed by atoms with E-state index in [2.05, 4.69) is 29.7 Å². The number of benzene rings is 1. The lowest BCUT2D eigenvalue weighted by atomic mass is 9.82. The van der Waals surface area contributed by atoms with Crippen LogP contribution in [0.25, 0.3) is 0 Å². The maximum Gasteiger partial charge on any atom is 0.229 e. The van der Waals surface area contributed by atoms with Gasteiger partial charge in [0.15, 0.2) is 0 Å². The van der Waals surface area contributed by atoms with Gasteiger partial charge in [-0.05, 0) is 30.9 Å². The highest BCUT2D eigenvalue weighted by Crippen LogP contribution is 2.30. The molecule has 0 radical (unpaired) electrons. The predicted octanol–water partition coefficient (Wildman–Crippen LogP) is 2.71. The molecule has 1 heterocycles. The number of carbonyl (C=O) groups excluding carboxylic acids is 1. The SMILES string of the molecule is CC1(NC(=O)C2CNCc3ccccc32)CCCCC1. The van der Waals surface area contributed by atoms with Gasteiger partial charge in [-0.1, -0.05) is 43.5 Å². The minimum Gasteiger partial charge on any atom is -0.350 e. The fourth-order valence-corrected chi connectivity index (χ4v) is 3.57. The Morgan fingerprint density at radius 1 is 1.25 bits per heavy atom. The molecule has 108 valence electrons. The predicted molar refractivity (Wildman–Crippen MR) is 80.5 cm³/mol. The van der Waals surface area contributed by atoms with Crippen molar-refractivity contribution >= 4 is 5.91 Å². The highest BCUT2D eigenvalue weighted by Gasteiger charge is 2.33. The second-order valence-corrected chi connectivity index (χ2v) is 6.49. The van der Waals surface area contributed by atoms with Crippen LogP contribution in [0.3, 0.4) is 0 Å². The molecule has 1 aromatic carbocycles. The van der Waals surface area contributed by atoms with Crippen LogP contribution in [0.15, 0.2) is 24.3 Å². The molecule has 3 rings (SSSR count). The molecule has 1 aliphatic carbocycles. The number of carbonyl (C=O) groups is 1. The van der Waals surface area contributed by atoms with Gasteiger partial charge in [0.05, 0.1) is 5.92 Å². The zero-order valence-corrected chi connectivity index (χ0v) is 12.2. The minimum atomic E-state index is -0.0429. The largest absolute Gasteiger partial charge is 0.350 e. The summed E-state index contributed by atoms with van der Waals surface area (Å²) in [5, 5.41) is 6.69. The van der Waals surface area contributed by atoms with E-state index in [0.29, 0.717) is 0 Å². The number of amides is 1. The van der Waals surface area contributed by atoms with Crippen molar-refractivity contribution in [2.75, 3.05) is 6.54 Å². The van der Waals surface area contributed by atoms with Gasteiger partial charge in [-0.2, -0.15) is 0 Å². The van der Waals surface area contributed by atoms with E-state index in [0.717, 1.165) is 25.9 Å². The number of hydrogen-bond donors (Lipinski definition) is 2. The molecular formula is C17H24N2O. The molecule has 1 amide bonds. The first-order valence-electron chi connectivity index (χ1n) is 7.78. The van der Waals surface area contributed by atoms with Gasteiger partial charge in [-0.15, -0.1) is 0 Å². The lowest BCUT2D eigenvalue weighted by Gasteiger charge is -2.36. The van der Waals surface area contributed by atoms with Crippen LogP contribution in [-0.4, -0.2) is 18.0 Å². The topological polar surface area (TPSA) is 41.1 Å². The summed E-state index contributed by atoms with van der Waals surface area (Å²) in [7, 11) is 0. The zero-order valence-electron chi connectivity index (χ0n) is 12.2. The summed E-state index contributed by atoms with van der Waals surface area (Å²) in [4.78, 5) is 12.7. The normalized spacial score (nSPS) is 24.8. The van der Waals surface area contributed by atoms with E-state index < -0.39 is 0 Å². The van der Waals surface area contributed by atoms with E-state index in [-0.39, 0.29) is 17.4 Å². The Balaban J connectivity index is 1.75. The van der Waals surface area contributed by atoms with Gasteiger partial charge in [0.2, 0.25) is 5.91 Å². The smallest absolute Gasteiger partial charge is 0.229 e. The van der Waals surface area contributed by atoms with Crippen molar-refractivity contribution in [3.8, 4) is 0 Å². The van der Waals surface area contributed by atoms with Gasteiger partial charge in [-0.25, -0.2) is 0 Å². The average Bonchev–Trinajstić information content (AvgIpc) is 2.47. The molecule has 3 nitrogen and oxygen atoms in total. The third kappa shape index (κ3) is 2.73. The van der Waals surface area contributed by atoms with Crippen LogP contribution in [0.5, 0.6) is 0 Å². The molecule has 1 aliphatic heterocycles. The van der Waals surface area contributed by atoms with E-state index in [9.17, 15) is 4.79 Å². The quantitative estimate of drug-likeness (QED) is 0.869. The van der Waals surface area contributed by atoms with Gasteiger partial charge in [0.25, 0.3) is 0 Å². The molecule has 2 N–H and O–H groups in total. The second-order valence-electron chi connectivity index (χ2n) is 6.49. The van der Waals surface area contributed by atoms with E-state index in [1.54, 1.807) is 0 Å². The van der Waals surface area contributed by atoms with Crippen LogP contribution in [0.1, 0.15) is 56.1 Å². The number of rotatable bonds is 2. The summed E-state index contributed by atoms with van der Waals surface area (Å²) in [6, 6.07) is 8.30. The fourth-order valence-electron chi connectivity index (χ4n) is 3.57. The molecule has 0 saturated heterocycles. The lowest BCUT2D eigenvalue weighted by Crippen LogP contribution is -2.50. The highest BCUT2D eigenvalue weighted by atomic mass is 16.2. The van der Waals surface area contributed by atoms with Crippen LogP contribution in [0.2, 0.25) is 0 Å². The molecule has 20 heavy (non-hydrogen) atoms. The monoisotopic (exact) mass is 272 g/mol. The van der Waals surface area contributed by atoms with Crippen molar-refractivity contribution in [3.05, 3.63) is 35.4 Å². The number of hydrogen-bond acceptors (Lipinski definition) is 2. The minimum absolute atomic E-state index is 0.00171. The van der Waals surface area contributed by atoms with Crippen molar-refractivity contribution in [1.29, 1.82) is 0 Å². The Morgan fingerprint density at radius 3 is 2.80 bits per heavy atom. The zero-order chi connectivity index (χ0) is 14.0. The van der Waals surface area contributed by atoms with Crippen molar-refractivity contribution in [1.82, 2.24) is 10.6 Å². The van der Waals surface area contributed by atoms with Crippen LogP contribution in [0, 0.1) is 0 Å². The third-order valence-corrected chi connectivity index (χ3v) is 4.79. The highest BCUT2D eigenvalue weighted by molar-refractivity contribution is 5.85. The third-order valence-electron chi connectivity index (χ3n) is 4.79. The molecule has 1 fully saturated rings. The summed E-state index contributed by atoms with van der Waals surface area (Å²) in [5.74, 6) is 0.146. The maximum atomic E-state index is 12.7. The Kier molecular flexibility index (Phi) is 3.79. The first-order valence-corrected chi connectivity index (χ1v) is 7.78. The van der Waals surface area contributed by atoms with Crippen LogP contribution in [-0.2, 0) is 11.3 Å². The Bertz CT molecular complexity index is 492. The second kappa shape index (κ2) is 5.57. The summed E-state index contributed by atoms with van der Waals surface area (Å²) >= 11 is 0. The summed E-state index contributed by atoms with van der Waals surface area (Å²) in [6.07, 6.45) is 5.99. The van der Waals surface area contributed by atoms with Crippen molar-refractivity contribution in [2.45, 2.75) is 57.0 Å². The molecule has 0 aromatic heterocycles. The molecule has 1 aromatic rings. The Hall–Kier alpha value is -1.35. The molecule has 1 atom stereocenters. The van der Waals surface area contributed by atoms with Crippen molar-refractivity contribution in [2.24, 2.45) is 0 Å². The summed E-state index contributed by atoms with van der Waals surface area (Å²) in [6.45, 7) is 3.82. The first kappa shape index (κ1) is 13.6. The van der Waals surface area contributed by atoms with Gasteiger partial charge in [-0.3, -0.25) is 4.79 Å². The molecule has 3 heteroatoms. The van der Waals surface area contributed by atoms with Crippen LogP contribution >= 0.6 is 0 Å². The number of fused-ring (bicyclic) bond motifs is 1. The van der Waals surface area contributed by atoms with Gasteiger partial charge >= 0.3 is 0 Å². The first-order chi connectivity index (χ1) is 9.68. The van der Waals surface area contributed by atoms with Crippen LogP contribution in [0.4, 0.5) is 0 Å². The molecule has 2 aliphatic rings. The molecule has 0 spiro atoms. The Morgan fingerprint density at radius 2 is 2.00 bits per heavy atom. The molecule has 0 bridgehead atoms. The average molecular weight is 272 g/mol. The molecule has 1 saturated carbocycles. The van der Waals surface area contributed by atoms with E-state index in [4.69, 9.17) is 0 Å². The van der Waals surface area contributed by atoms with Gasteiger partial charge in [0.1, 0.15) is 0 Å². The van der Waals surface area contributed by atoms with Crippen molar-refractivity contribution in [3.63, 3.8) is 0 Å². The van der Waals surface area contributed by atoms with Crippen LogP contribution < -0.4 is 10.6 Å². The molecular weight excluding hydrogens is 248 g/mol. The fraction of sp³-hybridized carbons (Fsp3) is 0.588. The maximum absolute atomic E-state index is 12.7.